The Kier molecular flexibility index (Phi) is 4.82. The second-order valence-corrected chi connectivity index (χ2v) is 4.48. The Morgan fingerprint density at radius 3 is 2.47 bits per heavy atom. The van der Waals surface area contributed by atoms with Gasteiger partial charge in [0.15, 0.2) is 0 Å². The van der Waals surface area contributed by atoms with Crippen LogP contribution in [0.4, 0.5) is 18.9 Å². The number of benzene rings is 1. The molecule has 0 fully saturated rings. The van der Waals surface area contributed by atoms with Crippen molar-refractivity contribution in [2.24, 2.45) is 0 Å². The molecular weight excluding hydrogens is 299 g/mol. The third kappa shape index (κ3) is 4.20. The minimum absolute atomic E-state index is 0.225. The zero-order valence-electron chi connectivity index (χ0n) is 9.26. The van der Waals surface area contributed by atoms with E-state index in [4.69, 9.17) is 5.11 Å². The van der Waals surface area contributed by atoms with Crippen molar-refractivity contribution in [3.63, 3.8) is 0 Å². The van der Waals surface area contributed by atoms with Gasteiger partial charge in [0.25, 0.3) is 0 Å². The summed E-state index contributed by atoms with van der Waals surface area (Å²) in [4.78, 5) is 1.19. The smallest absolute Gasteiger partial charge is 0.392 e. The van der Waals surface area contributed by atoms with Crippen molar-refractivity contribution in [1.82, 2.24) is 0 Å². The Morgan fingerprint density at radius 1 is 1.35 bits per heavy atom. The first-order valence-corrected chi connectivity index (χ1v) is 5.87. The summed E-state index contributed by atoms with van der Waals surface area (Å²) in [5, 5.41) is 9.13. The average molecular weight is 312 g/mol. The normalized spacial score (nSPS) is 11.6. The van der Waals surface area contributed by atoms with Crippen molar-refractivity contribution in [3.8, 4) is 0 Å². The summed E-state index contributed by atoms with van der Waals surface area (Å²) < 4.78 is 37.9. The number of alkyl halides is 3. The van der Waals surface area contributed by atoms with E-state index in [1.807, 2.05) is 0 Å². The maximum atomic E-state index is 12.4. The number of hydrogen-bond donors (Lipinski definition) is 1. The van der Waals surface area contributed by atoms with Crippen LogP contribution >= 0.6 is 15.9 Å². The Labute approximate surface area is 106 Å². The van der Waals surface area contributed by atoms with Gasteiger partial charge < -0.3 is 10.0 Å². The number of halogens is 4. The summed E-state index contributed by atoms with van der Waals surface area (Å²) in [7, 11) is 0. The van der Waals surface area contributed by atoms with E-state index in [0.717, 1.165) is 0 Å². The molecule has 1 aromatic carbocycles. The second kappa shape index (κ2) is 5.73. The molecule has 0 heterocycles. The number of rotatable bonds is 4. The lowest BCUT2D eigenvalue weighted by Gasteiger charge is -2.26. The fourth-order valence-corrected chi connectivity index (χ4v) is 1.90. The quantitative estimate of drug-likeness (QED) is 0.922. The Balaban J connectivity index is 3.06. The zero-order valence-corrected chi connectivity index (χ0v) is 10.8. The highest BCUT2D eigenvalue weighted by Gasteiger charge is 2.31. The van der Waals surface area contributed by atoms with Crippen LogP contribution in [-0.2, 0) is 6.61 Å². The topological polar surface area (TPSA) is 23.5 Å². The molecule has 0 spiro atoms. The van der Waals surface area contributed by atoms with E-state index in [1.165, 1.54) is 4.90 Å². The van der Waals surface area contributed by atoms with Gasteiger partial charge >= 0.3 is 6.18 Å². The fourth-order valence-electron chi connectivity index (χ4n) is 1.55. The first-order valence-electron chi connectivity index (χ1n) is 5.08. The minimum Gasteiger partial charge on any atom is -0.392 e. The Morgan fingerprint density at radius 2 is 2.00 bits per heavy atom. The summed E-state index contributed by atoms with van der Waals surface area (Å²) in [6.07, 6.45) is -4.26. The monoisotopic (exact) mass is 311 g/mol. The predicted octanol–water partition coefficient (Wildman–Crippen LogP) is 3.33. The number of hydrogen-bond acceptors (Lipinski definition) is 2. The van der Waals surface area contributed by atoms with E-state index >= 15 is 0 Å². The average Bonchev–Trinajstić information content (AvgIpc) is 2.24. The molecule has 0 unspecified atom stereocenters. The predicted molar refractivity (Wildman–Crippen MR) is 64.0 cm³/mol. The molecule has 0 saturated carbocycles. The molecule has 0 aliphatic rings. The maximum absolute atomic E-state index is 12.4. The summed E-state index contributed by atoms with van der Waals surface area (Å²) in [5.41, 5.74) is 0.890. The van der Waals surface area contributed by atoms with Gasteiger partial charge in [-0.3, -0.25) is 0 Å². The second-order valence-electron chi connectivity index (χ2n) is 3.56. The van der Waals surface area contributed by atoms with Crippen molar-refractivity contribution < 1.29 is 18.3 Å². The molecule has 0 aliphatic heterocycles. The molecular formula is C11H13BrF3NO. The van der Waals surface area contributed by atoms with Crippen molar-refractivity contribution >= 4 is 21.6 Å². The maximum Gasteiger partial charge on any atom is 0.405 e. The molecule has 0 aliphatic carbocycles. The van der Waals surface area contributed by atoms with Crippen LogP contribution in [0.5, 0.6) is 0 Å². The van der Waals surface area contributed by atoms with Gasteiger partial charge in [0, 0.05) is 22.3 Å². The summed E-state index contributed by atoms with van der Waals surface area (Å²) in [6.45, 7) is 0.570. The van der Waals surface area contributed by atoms with Crippen LogP contribution in [0.3, 0.4) is 0 Å². The molecule has 2 nitrogen and oxygen atoms in total. The van der Waals surface area contributed by atoms with Crippen LogP contribution in [-0.4, -0.2) is 24.4 Å². The van der Waals surface area contributed by atoms with Crippen molar-refractivity contribution in [2.75, 3.05) is 18.0 Å². The van der Waals surface area contributed by atoms with Gasteiger partial charge in [-0.2, -0.15) is 13.2 Å². The van der Waals surface area contributed by atoms with E-state index < -0.39 is 12.7 Å². The molecule has 6 heteroatoms. The molecule has 96 valence electrons. The van der Waals surface area contributed by atoms with E-state index in [-0.39, 0.29) is 13.2 Å². The third-order valence-electron chi connectivity index (χ3n) is 2.31. The van der Waals surface area contributed by atoms with Gasteiger partial charge in [0.2, 0.25) is 0 Å². The number of aliphatic hydroxyl groups is 1. The Hall–Kier alpha value is -0.750. The van der Waals surface area contributed by atoms with Gasteiger partial charge in [0.05, 0.1) is 6.61 Å². The molecule has 0 saturated heterocycles. The fraction of sp³-hybridized carbons (Fsp3) is 0.455. The van der Waals surface area contributed by atoms with Gasteiger partial charge in [0.1, 0.15) is 6.54 Å². The zero-order chi connectivity index (χ0) is 13.1. The lowest BCUT2D eigenvalue weighted by atomic mass is 10.1. The molecule has 0 radical (unpaired) electrons. The number of anilines is 1. The van der Waals surface area contributed by atoms with Gasteiger partial charge in [-0.25, -0.2) is 0 Å². The molecule has 17 heavy (non-hydrogen) atoms. The van der Waals surface area contributed by atoms with Crippen LogP contribution in [0.2, 0.25) is 0 Å². The summed E-state index contributed by atoms with van der Waals surface area (Å²) in [6, 6.07) is 4.88. The van der Waals surface area contributed by atoms with E-state index in [0.29, 0.717) is 15.7 Å². The van der Waals surface area contributed by atoms with Gasteiger partial charge in [-0.1, -0.05) is 22.0 Å². The highest BCUT2D eigenvalue weighted by molar-refractivity contribution is 9.10. The first kappa shape index (κ1) is 14.3. The van der Waals surface area contributed by atoms with Crippen LogP contribution in [0.25, 0.3) is 0 Å². The van der Waals surface area contributed by atoms with Crippen LogP contribution in [0, 0.1) is 0 Å². The highest BCUT2D eigenvalue weighted by Crippen LogP contribution is 2.28. The van der Waals surface area contributed by atoms with Crippen molar-refractivity contribution in [3.05, 3.63) is 28.2 Å². The lowest BCUT2D eigenvalue weighted by Crippen LogP contribution is -2.34. The Bertz CT molecular complexity index is 381. The van der Waals surface area contributed by atoms with E-state index in [2.05, 4.69) is 15.9 Å². The first-order chi connectivity index (χ1) is 7.87. The van der Waals surface area contributed by atoms with E-state index in [1.54, 1.807) is 25.1 Å². The molecule has 1 aromatic rings. The van der Waals surface area contributed by atoms with Crippen LogP contribution < -0.4 is 4.90 Å². The van der Waals surface area contributed by atoms with Gasteiger partial charge in [-0.15, -0.1) is 0 Å². The summed E-state index contributed by atoms with van der Waals surface area (Å²) >= 11 is 3.21. The number of nitrogens with zero attached hydrogens (tertiary/aromatic N) is 1. The third-order valence-corrected chi connectivity index (χ3v) is 2.80. The minimum atomic E-state index is -4.26. The van der Waals surface area contributed by atoms with Crippen LogP contribution in [0.15, 0.2) is 22.7 Å². The van der Waals surface area contributed by atoms with Crippen molar-refractivity contribution in [2.45, 2.75) is 19.7 Å². The van der Waals surface area contributed by atoms with Gasteiger partial charge in [-0.05, 0) is 19.1 Å². The highest BCUT2D eigenvalue weighted by atomic mass is 79.9. The van der Waals surface area contributed by atoms with Crippen LogP contribution in [0.1, 0.15) is 12.5 Å². The molecule has 0 bridgehead atoms. The molecule has 0 aromatic heterocycles. The molecule has 1 rings (SSSR count). The molecule has 0 amide bonds. The molecule has 1 N–H and O–H groups in total. The summed E-state index contributed by atoms with van der Waals surface area (Å²) in [5.74, 6) is 0. The SMILES string of the molecule is CCN(CC(F)(F)F)c1cc(Br)ccc1CO. The van der Waals surface area contributed by atoms with E-state index in [9.17, 15) is 13.2 Å². The largest absolute Gasteiger partial charge is 0.405 e. The molecule has 0 atom stereocenters. The van der Waals surface area contributed by atoms with Crippen molar-refractivity contribution in [1.29, 1.82) is 0 Å². The lowest BCUT2D eigenvalue weighted by molar-refractivity contribution is -0.119. The standard InChI is InChI=1S/C11H13BrF3NO/c1-2-16(7-11(13,14)15)10-5-9(12)4-3-8(10)6-17/h3-5,17H,2,6-7H2,1H3. The number of aliphatic hydroxyl groups excluding tert-OH is 1.